The molecule has 3 aromatic carbocycles. The van der Waals surface area contributed by atoms with Gasteiger partial charge in [-0.25, -0.2) is 19.6 Å². The number of aromatic nitrogens is 4. The molecule has 4 fully saturated rings. The van der Waals surface area contributed by atoms with Crippen LogP contribution in [0, 0.1) is 23.2 Å². The highest BCUT2D eigenvalue weighted by Gasteiger charge is 2.66. The predicted molar refractivity (Wildman–Crippen MR) is 318 cm³/mol. The number of nitrogens with one attached hydrogen (secondary N) is 2. The van der Waals surface area contributed by atoms with Crippen LogP contribution in [0.25, 0.3) is 21.3 Å². The van der Waals surface area contributed by atoms with Crippen molar-refractivity contribution < 1.29 is 48.1 Å². The number of unbranched alkanes of at least 4 members (excludes halogenated alkanes) is 2. The third-order valence-electron chi connectivity index (χ3n) is 17.5. The molecule has 3 aromatic heterocycles. The van der Waals surface area contributed by atoms with Gasteiger partial charge in [0.1, 0.15) is 18.2 Å². The number of hydrogen-bond donors (Lipinski definition) is 3. The van der Waals surface area contributed by atoms with Crippen molar-refractivity contribution in [2.75, 3.05) is 56.7 Å². The van der Waals surface area contributed by atoms with Crippen molar-refractivity contribution in [2.24, 2.45) is 16.2 Å². The third kappa shape index (κ3) is 12.6. The average molecular weight is 1160 g/mol. The Labute approximate surface area is 492 Å². The summed E-state index contributed by atoms with van der Waals surface area (Å²) in [6.45, 7) is 10.3. The van der Waals surface area contributed by atoms with Gasteiger partial charge in [0.05, 0.1) is 35.2 Å². The number of carbonyl (C=O) groups is 6. The fourth-order valence-corrected chi connectivity index (χ4v) is 15.7. The third-order valence-corrected chi connectivity index (χ3v) is 18.5. The highest BCUT2D eigenvalue weighted by atomic mass is 32.1. The quantitative estimate of drug-likeness (QED) is 0.0379. The monoisotopic (exact) mass is 1160 g/mol. The lowest BCUT2D eigenvalue weighted by atomic mass is 9.39. The number of para-hydroxylation sites is 2. The predicted octanol–water partition coefficient (Wildman–Crippen LogP) is 10.2. The summed E-state index contributed by atoms with van der Waals surface area (Å²) < 4.78 is 21.9. The van der Waals surface area contributed by atoms with Crippen LogP contribution in [0.3, 0.4) is 0 Å². The molecule has 2 unspecified atom stereocenters. The zero-order chi connectivity index (χ0) is 58.8. The van der Waals surface area contributed by atoms with E-state index in [-0.39, 0.29) is 57.8 Å². The molecule has 5 amide bonds. The van der Waals surface area contributed by atoms with Gasteiger partial charge in [-0.2, -0.15) is 5.10 Å². The summed E-state index contributed by atoms with van der Waals surface area (Å²) in [5.74, 6) is -0.897. The van der Waals surface area contributed by atoms with Crippen molar-refractivity contribution in [3.63, 3.8) is 0 Å². The van der Waals surface area contributed by atoms with Gasteiger partial charge in [0.2, 0.25) is 5.91 Å². The van der Waals surface area contributed by atoms with Crippen LogP contribution in [0.2, 0.25) is 0 Å². The van der Waals surface area contributed by atoms with E-state index in [1.165, 1.54) is 28.4 Å². The van der Waals surface area contributed by atoms with Crippen LogP contribution in [-0.2, 0) is 50.0 Å². The van der Waals surface area contributed by atoms with E-state index < -0.39 is 12.1 Å². The second-order valence-corrected chi connectivity index (χ2v) is 25.6. The van der Waals surface area contributed by atoms with Gasteiger partial charge < -0.3 is 34.4 Å². The molecule has 12 rings (SSSR count). The molecular formula is C64H73N9O10S. The van der Waals surface area contributed by atoms with Crippen LogP contribution in [0.15, 0.2) is 97.2 Å². The van der Waals surface area contributed by atoms with Crippen molar-refractivity contribution >= 4 is 68.2 Å². The molecule has 5 heterocycles. The Morgan fingerprint density at radius 3 is 2.38 bits per heavy atom. The molecule has 2 atom stereocenters. The summed E-state index contributed by atoms with van der Waals surface area (Å²) in [6, 6.07) is 24.7. The number of aromatic carboxylic acids is 1. The normalized spacial score (nSPS) is 22.1. The van der Waals surface area contributed by atoms with Crippen LogP contribution in [0.4, 0.5) is 15.7 Å². The maximum absolute atomic E-state index is 13.8. The molecule has 84 heavy (non-hydrogen) atoms. The molecule has 4 aliphatic carbocycles. The van der Waals surface area contributed by atoms with E-state index in [9.17, 15) is 33.9 Å². The van der Waals surface area contributed by atoms with Gasteiger partial charge in [0, 0.05) is 92.8 Å². The van der Waals surface area contributed by atoms with Crippen LogP contribution in [0.5, 0.6) is 5.75 Å². The number of benzene rings is 3. The second kappa shape index (κ2) is 24.0. The minimum Gasteiger partial charge on any atom is -0.493 e. The van der Waals surface area contributed by atoms with Gasteiger partial charge in [-0.1, -0.05) is 74.1 Å². The number of thiazole rings is 1. The van der Waals surface area contributed by atoms with Crippen LogP contribution < -0.4 is 20.3 Å². The van der Waals surface area contributed by atoms with Gasteiger partial charge in [-0.15, -0.1) is 0 Å². The van der Waals surface area contributed by atoms with Crippen LogP contribution in [0.1, 0.15) is 128 Å². The first-order valence-electron chi connectivity index (χ1n) is 29.2. The molecule has 19 nitrogen and oxygen atoms in total. The summed E-state index contributed by atoms with van der Waals surface area (Å²) >= 11 is 1.43. The molecule has 440 valence electrons. The Kier molecular flexibility index (Phi) is 16.5. The molecule has 2 aliphatic heterocycles. The molecule has 0 radical (unpaired) electrons. The number of carbonyl (C=O) groups excluding carboxylic acids is 5. The van der Waals surface area contributed by atoms with Gasteiger partial charge in [0.15, 0.2) is 10.8 Å². The number of carboxylic acids is 1. The summed E-state index contributed by atoms with van der Waals surface area (Å²) in [7, 11) is 1.72. The van der Waals surface area contributed by atoms with Crippen molar-refractivity contribution in [3.05, 3.63) is 131 Å². The second-order valence-electron chi connectivity index (χ2n) is 24.5. The molecule has 4 bridgehead atoms. The van der Waals surface area contributed by atoms with E-state index in [0.29, 0.717) is 112 Å². The van der Waals surface area contributed by atoms with Gasteiger partial charge in [-0.3, -0.25) is 34.1 Å². The van der Waals surface area contributed by atoms with E-state index in [1.807, 2.05) is 90.7 Å². The van der Waals surface area contributed by atoms with E-state index in [4.69, 9.17) is 24.3 Å². The highest BCUT2D eigenvalue weighted by Crippen LogP contribution is 2.72. The molecule has 20 heteroatoms. The number of imide groups is 1. The number of hydrogen-bond acceptors (Lipinski definition) is 14. The SMILES string of the molecule is Cc1c(-c2ccc(N3CCc4cccc(C(=O)Nc5nc6ccccc6s5)c4C3)nc2C(=O)O)cnn1CC12CC3(C)CC(C)(C1)CC(OCCN(C)C(=O)OCc1ccccc1OCCCNC(=O)CCCCCN1C(=O)C=CC1=O)(C3)C2. The standard InChI is InChI=1S/C64H73N9O10S/c1-42-47(45-21-22-52(68-56(45)58(78)79)71-28-25-43-15-12-16-46(48(43)33-71)57(77)69-59-67-49-17-8-10-19-51(49)84-59)32-66-73(42)41-63-36-61(2)35-62(3,37-63)39-64(38-61,40-63)83-31-29-70(4)60(80)82-34-44-14-7-9-18-50(44)81-30-13-26-65-53(74)20-6-5-11-27-72-54(75)23-24-55(72)76/h7-10,12,14-19,21-24,32H,5-6,11,13,20,25-31,33-41H2,1-4H3,(H,65,74)(H,78,79)(H,67,69,77). The van der Waals surface area contributed by atoms with E-state index >= 15 is 0 Å². The summed E-state index contributed by atoms with van der Waals surface area (Å²) in [6.07, 6.45) is 13.4. The number of rotatable bonds is 24. The Morgan fingerprint density at radius 2 is 1.60 bits per heavy atom. The van der Waals surface area contributed by atoms with Gasteiger partial charge in [0.25, 0.3) is 17.7 Å². The number of likely N-dealkylation sites (N-methyl/N-ethyl adjacent to an activating group) is 1. The summed E-state index contributed by atoms with van der Waals surface area (Å²) in [4.78, 5) is 90.2. The van der Waals surface area contributed by atoms with E-state index in [2.05, 4.69) is 34.1 Å². The van der Waals surface area contributed by atoms with Crippen molar-refractivity contribution in [1.82, 2.24) is 34.9 Å². The van der Waals surface area contributed by atoms with Crippen LogP contribution in [-0.4, -0.2) is 122 Å². The molecule has 0 saturated heterocycles. The number of ether oxygens (including phenoxy) is 3. The first-order valence-corrected chi connectivity index (χ1v) is 30.0. The minimum absolute atomic E-state index is 0.0236. The Bertz CT molecular complexity index is 3490. The number of nitrogens with zero attached hydrogens (tertiary/aromatic N) is 7. The number of anilines is 2. The maximum atomic E-state index is 13.8. The summed E-state index contributed by atoms with van der Waals surface area (Å²) in [5, 5.41) is 22.1. The first-order chi connectivity index (χ1) is 40.4. The lowest BCUT2D eigenvalue weighted by Crippen LogP contribution is -2.64. The smallest absolute Gasteiger partial charge is 0.409 e. The van der Waals surface area contributed by atoms with Gasteiger partial charge >= 0.3 is 12.1 Å². The molecule has 4 saturated carbocycles. The van der Waals surface area contributed by atoms with Crippen molar-refractivity contribution in [2.45, 2.75) is 123 Å². The molecule has 3 N–H and O–H groups in total. The summed E-state index contributed by atoms with van der Waals surface area (Å²) in [5.41, 5.74) is 5.67. The largest absolute Gasteiger partial charge is 0.493 e. The van der Waals surface area contributed by atoms with Crippen LogP contribution >= 0.6 is 11.3 Å². The topological polar surface area (TPSA) is 228 Å². The van der Waals surface area contributed by atoms with Crippen molar-refractivity contribution in [3.8, 4) is 16.9 Å². The Morgan fingerprint density at radius 1 is 0.821 bits per heavy atom. The highest BCUT2D eigenvalue weighted by molar-refractivity contribution is 7.22. The lowest BCUT2D eigenvalue weighted by molar-refractivity contribution is -0.248. The fourth-order valence-electron chi connectivity index (χ4n) is 14.9. The number of carboxylic acid groups (broad SMARTS) is 1. The zero-order valence-electron chi connectivity index (χ0n) is 48.2. The average Bonchev–Trinajstić information content (AvgIpc) is 0.780. The molecule has 6 aromatic rings. The number of fused-ring (bicyclic) bond motifs is 2. The minimum atomic E-state index is -1.13. The zero-order valence-corrected chi connectivity index (χ0v) is 49.1. The number of amides is 5. The molecule has 6 aliphatic rings. The Hall–Kier alpha value is -7.97. The fraction of sp³-hybridized carbons (Fsp3) is 0.453. The van der Waals surface area contributed by atoms with Crippen molar-refractivity contribution in [1.29, 1.82) is 0 Å². The van der Waals surface area contributed by atoms with Gasteiger partial charge in [-0.05, 0) is 135 Å². The molecule has 0 spiro atoms. The molecular weight excluding hydrogens is 1090 g/mol. The lowest BCUT2D eigenvalue weighted by Gasteiger charge is -2.69. The Balaban J connectivity index is 0.668. The van der Waals surface area contributed by atoms with E-state index in [0.717, 1.165) is 83.1 Å². The van der Waals surface area contributed by atoms with E-state index in [1.54, 1.807) is 18.1 Å². The maximum Gasteiger partial charge on any atom is 0.409 e. The first kappa shape index (κ1) is 57.8. The number of pyridine rings is 1.